The molecule has 0 saturated carbocycles. The maximum Gasteiger partial charge on any atom is 0.243 e. The third-order valence-electron chi connectivity index (χ3n) is 5.08. The summed E-state index contributed by atoms with van der Waals surface area (Å²) < 4.78 is 0. The van der Waals surface area contributed by atoms with Crippen molar-refractivity contribution in [1.82, 2.24) is 15.5 Å². The lowest BCUT2D eigenvalue weighted by molar-refractivity contribution is -0.140. The molecule has 0 spiro atoms. The van der Waals surface area contributed by atoms with Gasteiger partial charge in [-0.15, -0.1) is 0 Å². The van der Waals surface area contributed by atoms with E-state index < -0.39 is 17.9 Å². The van der Waals surface area contributed by atoms with E-state index in [0.717, 1.165) is 0 Å². The van der Waals surface area contributed by atoms with Gasteiger partial charge in [0.1, 0.15) is 6.04 Å². The summed E-state index contributed by atoms with van der Waals surface area (Å²) >= 11 is 0. The highest BCUT2D eigenvalue weighted by Crippen LogP contribution is 2.43. The smallest absolute Gasteiger partial charge is 0.243 e. The number of amides is 3. The zero-order valence-electron chi connectivity index (χ0n) is 15.4. The molecule has 5 atom stereocenters. The monoisotopic (exact) mass is 351 g/mol. The molecule has 1 aliphatic heterocycles. The van der Waals surface area contributed by atoms with Gasteiger partial charge in [0, 0.05) is 32.2 Å². The number of aliphatic hydroxyl groups excluding tert-OH is 1. The topological polar surface area (TPSA) is 98.7 Å². The Labute approximate surface area is 148 Å². The molecule has 0 unspecified atom stereocenters. The van der Waals surface area contributed by atoms with Crippen molar-refractivity contribution in [2.45, 2.75) is 39.3 Å². The van der Waals surface area contributed by atoms with Crippen LogP contribution < -0.4 is 10.6 Å². The molecule has 1 aliphatic carbocycles. The first-order chi connectivity index (χ1) is 11.8. The lowest BCUT2D eigenvalue weighted by atomic mass is 9.70. The summed E-state index contributed by atoms with van der Waals surface area (Å²) in [6.07, 6.45) is 4.25. The minimum Gasteiger partial charge on any atom is -0.396 e. The number of rotatable bonds is 6. The molecule has 3 amide bonds. The second kappa shape index (κ2) is 7.99. The Morgan fingerprint density at radius 2 is 1.96 bits per heavy atom. The molecule has 3 N–H and O–H groups in total. The van der Waals surface area contributed by atoms with Crippen molar-refractivity contribution in [2.75, 3.05) is 20.2 Å². The molecular formula is C18H29N3O4. The highest BCUT2D eigenvalue weighted by molar-refractivity contribution is 5.96. The fraction of sp³-hybridized carbons (Fsp3) is 0.722. The van der Waals surface area contributed by atoms with E-state index in [1.807, 2.05) is 32.9 Å². The zero-order chi connectivity index (χ0) is 18.7. The van der Waals surface area contributed by atoms with Crippen LogP contribution in [0, 0.1) is 23.7 Å². The van der Waals surface area contributed by atoms with E-state index in [0.29, 0.717) is 13.0 Å². The van der Waals surface area contributed by atoms with Gasteiger partial charge in [0.25, 0.3) is 0 Å². The molecule has 0 aromatic rings. The van der Waals surface area contributed by atoms with Gasteiger partial charge in [-0.25, -0.2) is 0 Å². The first-order valence-corrected chi connectivity index (χ1v) is 8.95. The average Bonchev–Trinajstić information content (AvgIpc) is 2.84. The molecule has 2 aliphatic rings. The maximum atomic E-state index is 13.1. The van der Waals surface area contributed by atoms with Crippen molar-refractivity contribution in [3.63, 3.8) is 0 Å². The van der Waals surface area contributed by atoms with Crippen LogP contribution in [0.3, 0.4) is 0 Å². The number of hydrogen-bond donors (Lipinski definition) is 3. The summed E-state index contributed by atoms with van der Waals surface area (Å²) in [6.45, 7) is 5.91. The minimum atomic E-state index is -0.637. The van der Waals surface area contributed by atoms with Gasteiger partial charge in [0.05, 0.1) is 11.8 Å². The second-order valence-electron chi connectivity index (χ2n) is 7.20. The highest BCUT2D eigenvalue weighted by atomic mass is 16.3. The largest absolute Gasteiger partial charge is 0.396 e. The zero-order valence-corrected chi connectivity index (χ0v) is 15.4. The fourth-order valence-electron chi connectivity index (χ4n) is 4.01. The van der Waals surface area contributed by atoms with Crippen molar-refractivity contribution < 1.29 is 19.5 Å². The van der Waals surface area contributed by atoms with Crippen LogP contribution in [-0.2, 0) is 14.4 Å². The Morgan fingerprint density at radius 3 is 2.52 bits per heavy atom. The van der Waals surface area contributed by atoms with Crippen molar-refractivity contribution in [3.05, 3.63) is 12.2 Å². The van der Waals surface area contributed by atoms with Crippen LogP contribution in [0.15, 0.2) is 12.2 Å². The van der Waals surface area contributed by atoms with Crippen LogP contribution in [0.25, 0.3) is 0 Å². The first kappa shape index (κ1) is 19.4. The summed E-state index contributed by atoms with van der Waals surface area (Å²) in [5, 5.41) is 14.7. The molecular weight excluding hydrogens is 322 g/mol. The Balaban J connectivity index is 2.39. The van der Waals surface area contributed by atoms with Crippen LogP contribution in [0.4, 0.5) is 0 Å². The normalized spacial score (nSPS) is 31.2. The van der Waals surface area contributed by atoms with Gasteiger partial charge in [0.2, 0.25) is 17.7 Å². The van der Waals surface area contributed by atoms with Crippen molar-refractivity contribution in [2.24, 2.45) is 23.7 Å². The van der Waals surface area contributed by atoms with Crippen molar-refractivity contribution >= 4 is 17.7 Å². The second-order valence-corrected chi connectivity index (χ2v) is 7.20. The first-order valence-electron chi connectivity index (χ1n) is 8.95. The van der Waals surface area contributed by atoms with E-state index in [1.165, 1.54) is 0 Å². The number of carbonyl (C=O) groups is 3. The Morgan fingerprint density at radius 1 is 1.28 bits per heavy atom. The number of aliphatic hydroxyl groups is 1. The Bertz CT molecular complexity index is 561. The molecule has 0 aromatic heterocycles. The van der Waals surface area contributed by atoms with Crippen LogP contribution in [0.2, 0.25) is 0 Å². The van der Waals surface area contributed by atoms with Crippen LogP contribution in [0.1, 0.15) is 27.2 Å². The summed E-state index contributed by atoms with van der Waals surface area (Å²) in [7, 11) is 1.56. The van der Waals surface area contributed by atoms with E-state index in [1.54, 1.807) is 11.9 Å². The van der Waals surface area contributed by atoms with Gasteiger partial charge in [-0.1, -0.05) is 19.1 Å². The minimum absolute atomic E-state index is 0.0393. The molecule has 1 heterocycles. The van der Waals surface area contributed by atoms with Crippen molar-refractivity contribution in [1.29, 1.82) is 0 Å². The van der Waals surface area contributed by atoms with Gasteiger partial charge >= 0.3 is 0 Å². The molecule has 7 nitrogen and oxygen atoms in total. The van der Waals surface area contributed by atoms with E-state index in [-0.39, 0.29) is 42.2 Å². The maximum absolute atomic E-state index is 13.1. The standard InChI is InChI=1S/C18H29N3O4/c1-10(2)20-17(24)15-12-7-6-11(3)13(16(23)19-4)14(12)18(25)21(15)8-5-9-22/h6-7,10-15,22H,5,8-9H2,1-4H3,(H,19,23)(H,20,24)/t11-,12+,13-,14-,15+/m1/s1. The molecule has 25 heavy (non-hydrogen) atoms. The lowest BCUT2D eigenvalue weighted by Crippen LogP contribution is -2.49. The molecule has 140 valence electrons. The number of hydrogen-bond acceptors (Lipinski definition) is 4. The van der Waals surface area contributed by atoms with E-state index in [9.17, 15) is 14.4 Å². The highest BCUT2D eigenvalue weighted by Gasteiger charge is 2.56. The van der Waals surface area contributed by atoms with Crippen LogP contribution in [-0.4, -0.2) is 60.0 Å². The number of nitrogens with zero attached hydrogens (tertiary/aromatic N) is 1. The van der Waals surface area contributed by atoms with Gasteiger partial charge in [-0.3, -0.25) is 14.4 Å². The van der Waals surface area contributed by atoms with E-state index in [2.05, 4.69) is 10.6 Å². The molecule has 0 aromatic carbocycles. The number of nitrogens with one attached hydrogen (secondary N) is 2. The van der Waals surface area contributed by atoms with E-state index >= 15 is 0 Å². The third kappa shape index (κ3) is 3.71. The number of allylic oxidation sites excluding steroid dienone is 1. The van der Waals surface area contributed by atoms with Gasteiger partial charge in [-0.05, 0) is 26.2 Å². The molecule has 0 radical (unpaired) electrons. The molecule has 1 fully saturated rings. The van der Waals surface area contributed by atoms with Crippen LogP contribution >= 0.6 is 0 Å². The van der Waals surface area contributed by atoms with E-state index in [4.69, 9.17) is 5.11 Å². The molecule has 0 bridgehead atoms. The third-order valence-corrected chi connectivity index (χ3v) is 5.08. The fourth-order valence-corrected chi connectivity index (χ4v) is 4.01. The van der Waals surface area contributed by atoms with Gasteiger partial charge < -0.3 is 20.6 Å². The van der Waals surface area contributed by atoms with Gasteiger partial charge in [0.15, 0.2) is 0 Å². The summed E-state index contributed by atoms with van der Waals surface area (Å²) in [5.41, 5.74) is 0. The number of carbonyl (C=O) groups excluding carboxylic acids is 3. The van der Waals surface area contributed by atoms with Gasteiger partial charge in [-0.2, -0.15) is 0 Å². The summed E-state index contributed by atoms with van der Waals surface area (Å²) in [5.74, 6) is -1.98. The number of likely N-dealkylation sites (tertiary alicyclic amines) is 1. The molecule has 2 rings (SSSR count). The van der Waals surface area contributed by atoms with Crippen LogP contribution in [0.5, 0.6) is 0 Å². The number of fused-ring (bicyclic) bond motifs is 1. The predicted octanol–water partition coefficient (Wildman–Crippen LogP) is -0.0953. The predicted molar refractivity (Wildman–Crippen MR) is 93.3 cm³/mol. The molecule has 1 saturated heterocycles. The lowest BCUT2D eigenvalue weighted by Gasteiger charge is -2.32. The Kier molecular flexibility index (Phi) is 6.21. The molecule has 7 heteroatoms. The van der Waals surface area contributed by atoms with Crippen molar-refractivity contribution in [3.8, 4) is 0 Å². The average molecular weight is 351 g/mol. The SMILES string of the molecule is CNC(=O)[C@H]1[C@@H]2C(=O)N(CCCO)[C@H](C(=O)NC(C)C)[C@H]2C=C[C@H]1C. The quantitative estimate of drug-likeness (QED) is 0.582. The Hall–Kier alpha value is -1.89. The summed E-state index contributed by atoms with van der Waals surface area (Å²) in [4.78, 5) is 39.8. The summed E-state index contributed by atoms with van der Waals surface area (Å²) in [6, 6.07) is -0.676.